The third-order valence-electron chi connectivity index (χ3n) is 5.96. The van der Waals surface area contributed by atoms with Gasteiger partial charge < -0.3 is 14.2 Å². The van der Waals surface area contributed by atoms with Gasteiger partial charge in [-0.15, -0.1) is 6.58 Å². The maximum atomic E-state index is 12.7. The average Bonchev–Trinajstić information content (AvgIpc) is 3.05. The normalized spacial score (nSPS) is 23.5. The highest BCUT2D eigenvalue weighted by Crippen LogP contribution is 2.30. The van der Waals surface area contributed by atoms with E-state index in [0.717, 1.165) is 23.9 Å². The fourth-order valence-electron chi connectivity index (χ4n) is 4.59. The van der Waals surface area contributed by atoms with Gasteiger partial charge in [-0.25, -0.2) is 4.79 Å². The molecule has 2 saturated heterocycles. The summed E-state index contributed by atoms with van der Waals surface area (Å²) in [5.41, 5.74) is 1.72. The van der Waals surface area contributed by atoms with Gasteiger partial charge in [0.1, 0.15) is 0 Å². The van der Waals surface area contributed by atoms with E-state index in [-0.39, 0.29) is 5.97 Å². The Morgan fingerprint density at radius 3 is 3.00 bits per heavy atom. The molecule has 0 N–H and O–H groups in total. The van der Waals surface area contributed by atoms with Gasteiger partial charge in [0, 0.05) is 29.7 Å². The first-order valence-electron chi connectivity index (χ1n) is 9.86. The van der Waals surface area contributed by atoms with E-state index in [1.165, 1.54) is 32.2 Å². The van der Waals surface area contributed by atoms with Gasteiger partial charge in [0.2, 0.25) is 0 Å². The van der Waals surface area contributed by atoms with Crippen LogP contribution in [0.4, 0.5) is 0 Å². The lowest BCUT2D eigenvalue weighted by Gasteiger charge is -2.42. The molecule has 2 aliphatic rings. The number of esters is 1. The molecule has 3 heterocycles. The number of piperidine rings is 2. The lowest BCUT2D eigenvalue weighted by atomic mass is 9.86. The first kappa shape index (κ1) is 17.3. The van der Waals surface area contributed by atoms with Crippen molar-refractivity contribution in [2.24, 2.45) is 5.92 Å². The van der Waals surface area contributed by atoms with Crippen LogP contribution >= 0.6 is 0 Å². The maximum Gasteiger partial charge on any atom is 0.340 e. The largest absolute Gasteiger partial charge is 0.462 e. The zero-order chi connectivity index (χ0) is 17.9. The molecule has 4 rings (SSSR count). The number of aromatic nitrogens is 1. The molecule has 4 heteroatoms. The molecule has 2 aliphatic heterocycles. The Balaban J connectivity index is 1.42. The molecule has 2 aromatic rings. The predicted octanol–water partition coefficient (Wildman–Crippen LogP) is 4.25. The van der Waals surface area contributed by atoms with Crippen molar-refractivity contribution in [3.05, 3.63) is 48.7 Å². The second-order valence-corrected chi connectivity index (χ2v) is 7.68. The van der Waals surface area contributed by atoms with Crippen LogP contribution in [0.2, 0.25) is 0 Å². The van der Waals surface area contributed by atoms with E-state index in [1.807, 2.05) is 36.5 Å². The Morgan fingerprint density at radius 1 is 1.23 bits per heavy atom. The van der Waals surface area contributed by atoms with Crippen molar-refractivity contribution in [2.75, 3.05) is 19.7 Å². The highest BCUT2D eigenvalue weighted by molar-refractivity contribution is 6.04. The second kappa shape index (κ2) is 7.67. The highest BCUT2D eigenvalue weighted by Gasteiger charge is 2.30. The lowest BCUT2D eigenvalue weighted by molar-refractivity contribution is 0.0235. The molecule has 1 aromatic heterocycles. The van der Waals surface area contributed by atoms with E-state index in [0.29, 0.717) is 30.7 Å². The van der Waals surface area contributed by atoms with Crippen LogP contribution in [0, 0.1) is 5.92 Å². The van der Waals surface area contributed by atoms with Gasteiger partial charge in [-0.1, -0.05) is 30.7 Å². The molecule has 0 aliphatic carbocycles. The van der Waals surface area contributed by atoms with Crippen molar-refractivity contribution in [3.63, 3.8) is 0 Å². The molecule has 0 saturated carbocycles. The van der Waals surface area contributed by atoms with Crippen LogP contribution in [0.25, 0.3) is 10.9 Å². The van der Waals surface area contributed by atoms with Crippen LogP contribution < -0.4 is 0 Å². The Labute approximate surface area is 155 Å². The number of carbonyl (C=O) groups excluding carboxylic acids is 1. The summed E-state index contributed by atoms with van der Waals surface area (Å²) in [5, 5.41) is 0.960. The number of nitrogens with zero attached hydrogens (tertiary/aromatic N) is 2. The summed E-state index contributed by atoms with van der Waals surface area (Å²) in [5.74, 6) is 0.301. The standard InChI is InChI=1S/C22H28N2O2/c1-2-11-24-15-20(19-8-3-4-9-21(19)24)22(25)26-16-17-10-13-23-12-6-5-7-18(23)14-17/h2-4,8-9,15,17-18H,1,5-7,10-14,16H2. The average molecular weight is 352 g/mol. The number of para-hydroxylation sites is 1. The Bertz CT molecular complexity index is 795. The first-order chi connectivity index (χ1) is 12.8. The van der Waals surface area contributed by atoms with Crippen LogP contribution in [-0.2, 0) is 11.3 Å². The number of allylic oxidation sites excluding steroid dienone is 1. The number of hydrogen-bond acceptors (Lipinski definition) is 3. The van der Waals surface area contributed by atoms with E-state index < -0.39 is 0 Å². The molecule has 2 unspecified atom stereocenters. The molecule has 0 spiro atoms. The van der Waals surface area contributed by atoms with Gasteiger partial charge >= 0.3 is 5.97 Å². The summed E-state index contributed by atoms with van der Waals surface area (Å²) in [6, 6.07) is 8.70. The summed E-state index contributed by atoms with van der Waals surface area (Å²) in [6.07, 6.45) is 10.0. The molecule has 0 amide bonds. The molecule has 0 radical (unpaired) electrons. The molecule has 138 valence electrons. The SMILES string of the molecule is C=CCn1cc(C(=O)OCC2CCN3CCCCC3C2)c2ccccc21. The van der Waals surface area contributed by atoms with Crippen LogP contribution in [-0.4, -0.2) is 41.2 Å². The van der Waals surface area contributed by atoms with Gasteiger partial charge in [0.25, 0.3) is 0 Å². The molecule has 4 nitrogen and oxygen atoms in total. The fraction of sp³-hybridized carbons (Fsp3) is 0.500. The third-order valence-corrected chi connectivity index (χ3v) is 5.96. The molecule has 2 fully saturated rings. The Morgan fingerprint density at radius 2 is 2.12 bits per heavy atom. The summed E-state index contributed by atoms with van der Waals surface area (Å²) >= 11 is 0. The highest BCUT2D eigenvalue weighted by atomic mass is 16.5. The van der Waals surface area contributed by atoms with Crippen molar-refractivity contribution < 1.29 is 9.53 Å². The smallest absolute Gasteiger partial charge is 0.340 e. The van der Waals surface area contributed by atoms with Gasteiger partial charge in [-0.3, -0.25) is 0 Å². The van der Waals surface area contributed by atoms with Gasteiger partial charge in [0.05, 0.1) is 12.2 Å². The zero-order valence-electron chi connectivity index (χ0n) is 15.4. The van der Waals surface area contributed by atoms with Gasteiger partial charge in [0.15, 0.2) is 0 Å². The van der Waals surface area contributed by atoms with Crippen LogP contribution in [0.1, 0.15) is 42.5 Å². The Hall–Kier alpha value is -2.07. The number of hydrogen-bond donors (Lipinski definition) is 0. The molecule has 26 heavy (non-hydrogen) atoms. The van der Waals surface area contributed by atoms with E-state index in [4.69, 9.17) is 4.74 Å². The lowest BCUT2D eigenvalue weighted by Crippen LogP contribution is -2.46. The summed E-state index contributed by atoms with van der Waals surface area (Å²) in [4.78, 5) is 15.4. The van der Waals surface area contributed by atoms with Crippen LogP contribution in [0.5, 0.6) is 0 Å². The van der Waals surface area contributed by atoms with Crippen LogP contribution in [0.3, 0.4) is 0 Å². The second-order valence-electron chi connectivity index (χ2n) is 7.68. The van der Waals surface area contributed by atoms with Crippen molar-refractivity contribution >= 4 is 16.9 Å². The summed E-state index contributed by atoms with van der Waals surface area (Å²) in [6.45, 7) is 7.45. The molecule has 1 aromatic carbocycles. The summed E-state index contributed by atoms with van der Waals surface area (Å²) < 4.78 is 7.81. The van der Waals surface area contributed by atoms with Gasteiger partial charge in [-0.05, 0) is 50.8 Å². The Kier molecular flexibility index (Phi) is 5.11. The van der Waals surface area contributed by atoms with E-state index in [2.05, 4.69) is 16.0 Å². The minimum absolute atomic E-state index is 0.199. The zero-order valence-corrected chi connectivity index (χ0v) is 15.4. The minimum atomic E-state index is -0.199. The van der Waals surface area contributed by atoms with E-state index in [9.17, 15) is 4.79 Å². The van der Waals surface area contributed by atoms with E-state index >= 15 is 0 Å². The number of ether oxygens (including phenoxy) is 1. The molecule has 2 atom stereocenters. The van der Waals surface area contributed by atoms with Crippen LogP contribution in [0.15, 0.2) is 43.1 Å². The number of rotatable bonds is 5. The predicted molar refractivity (Wildman–Crippen MR) is 104 cm³/mol. The molecular formula is C22H28N2O2. The van der Waals surface area contributed by atoms with Crippen molar-refractivity contribution in [2.45, 2.75) is 44.7 Å². The number of carbonyl (C=O) groups is 1. The molecular weight excluding hydrogens is 324 g/mol. The monoisotopic (exact) mass is 352 g/mol. The minimum Gasteiger partial charge on any atom is -0.462 e. The number of benzene rings is 1. The number of fused-ring (bicyclic) bond motifs is 2. The van der Waals surface area contributed by atoms with Crippen molar-refractivity contribution in [3.8, 4) is 0 Å². The van der Waals surface area contributed by atoms with E-state index in [1.54, 1.807) is 0 Å². The van der Waals surface area contributed by atoms with Crippen molar-refractivity contribution in [1.29, 1.82) is 0 Å². The quantitative estimate of drug-likeness (QED) is 0.596. The maximum absolute atomic E-state index is 12.7. The van der Waals surface area contributed by atoms with Crippen molar-refractivity contribution in [1.82, 2.24) is 9.47 Å². The molecule has 0 bridgehead atoms. The summed E-state index contributed by atoms with van der Waals surface area (Å²) in [7, 11) is 0. The van der Waals surface area contributed by atoms with Gasteiger partial charge in [-0.2, -0.15) is 0 Å². The topological polar surface area (TPSA) is 34.5 Å². The third kappa shape index (κ3) is 3.43. The first-order valence-corrected chi connectivity index (χ1v) is 9.86. The fourth-order valence-corrected chi connectivity index (χ4v) is 4.59.